The Bertz CT molecular complexity index is 510. The summed E-state index contributed by atoms with van der Waals surface area (Å²) in [6, 6.07) is 3.80. The number of hydrogen-bond acceptors (Lipinski definition) is 3. The maximum absolute atomic E-state index is 12.3. The molecule has 0 saturated heterocycles. The molecular weight excluding hydrogens is 284 g/mol. The van der Waals surface area contributed by atoms with Crippen molar-refractivity contribution in [3.05, 3.63) is 43.2 Å². The highest BCUT2D eigenvalue weighted by atomic mass is 32.2. The van der Waals surface area contributed by atoms with Gasteiger partial charge in [-0.15, -0.1) is 0 Å². The first-order chi connectivity index (χ1) is 10.3. The average molecular weight is 306 g/mol. The Kier molecular flexibility index (Phi) is 6.40. The fourth-order valence-electron chi connectivity index (χ4n) is 2.21. The normalized spacial score (nSPS) is 12.2. The molecule has 6 heteroatoms. The van der Waals surface area contributed by atoms with Crippen LogP contribution in [0.4, 0.5) is 0 Å². The van der Waals surface area contributed by atoms with Crippen molar-refractivity contribution in [1.29, 1.82) is 0 Å². The Morgan fingerprint density at radius 3 is 2.81 bits per heavy atom. The molecule has 0 aliphatic heterocycles. The van der Waals surface area contributed by atoms with Crippen molar-refractivity contribution in [3.8, 4) is 0 Å². The Morgan fingerprint density at radius 1 is 1.33 bits per heavy atom. The molecule has 0 aliphatic rings. The van der Waals surface area contributed by atoms with E-state index in [4.69, 9.17) is 0 Å². The molecule has 1 atom stereocenters. The molecule has 2 aromatic rings. The third-order valence-corrected chi connectivity index (χ3v) is 3.98. The van der Waals surface area contributed by atoms with Gasteiger partial charge >= 0.3 is 0 Å². The smallest absolute Gasteiger partial charge is 0.243 e. The molecule has 1 amide bonds. The highest BCUT2D eigenvalue weighted by Gasteiger charge is 2.18. The quantitative estimate of drug-likeness (QED) is 0.723. The van der Waals surface area contributed by atoms with Gasteiger partial charge in [-0.25, -0.2) is 4.98 Å². The lowest BCUT2D eigenvalue weighted by atomic mass is 10.2. The Morgan fingerprint density at radius 2 is 2.14 bits per heavy atom. The van der Waals surface area contributed by atoms with E-state index >= 15 is 0 Å². The van der Waals surface area contributed by atoms with Crippen molar-refractivity contribution in [2.75, 3.05) is 18.6 Å². The third kappa shape index (κ3) is 4.97. The summed E-state index contributed by atoms with van der Waals surface area (Å²) < 4.78 is 4.00. The summed E-state index contributed by atoms with van der Waals surface area (Å²) in [6.07, 6.45) is 13.2. The number of aromatic nitrogens is 3. The number of nitrogens with zero attached hydrogens (tertiary/aromatic N) is 3. The molecule has 0 spiro atoms. The standard InChI is InChI=1S/C15H22N4OS/c1-21-12-5-14(19-9-2-3-10-19)15(20)17-6-4-8-18-11-7-16-13-18/h2-3,7,9-11,13-14H,4-6,8,12H2,1H3,(H,17,20)/t14-/m1/s1. The Hall–Kier alpha value is -1.69. The topological polar surface area (TPSA) is 51.9 Å². The fraction of sp³-hybridized carbons (Fsp3) is 0.467. The van der Waals surface area contributed by atoms with Gasteiger partial charge in [-0.2, -0.15) is 11.8 Å². The molecule has 0 bridgehead atoms. The van der Waals surface area contributed by atoms with Crippen LogP contribution >= 0.6 is 11.8 Å². The molecule has 2 aromatic heterocycles. The van der Waals surface area contributed by atoms with E-state index in [9.17, 15) is 4.79 Å². The van der Waals surface area contributed by atoms with Gasteiger partial charge in [0.25, 0.3) is 0 Å². The number of imidazole rings is 1. The highest BCUT2D eigenvalue weighted by Crippen LogP contribution is 2.15. The van der Waals surface area contributed by atoms with E-state index in [1.54, 1.807) is 24.3 Å². The van der Waals surface area contributed by atoms with Gasteiger partial charge in [0.15, 0.2) is 0 Å². The predicted octanol–water partition coefficient (Wildman–Crippen LogP) is 2.19. The van der Waals surface area contributed by atoms with Gasteiger partial charge in [0.1, 0.15) is 6.04 Å². The van der Waals surface area contributed by atoms with Crippen LogP contribution in [0.1, 0.15) is 18.9 Å². The molecule has 0 unspecified atom stereocenters. The van der Waals surface area contributed by atoms with E-state index in [0.717, 1.165) is 25.1 Å². The zero-order valence-corrected chi connectivity index (χ0v) is 13.1. The summed E-state index contributed by atoms with van der Waals surface area (Å²) in [5, 5.41) is 3.04. The maximum atomic E-state index is 12.3. The Balaban J connectivity index is 1.78. The van der Waals surface area contributed by atoms with Crippen LogP contribution in [-0.2, 0) is 11.3 Å². The van der Waals surface area contributed by atoms with E-state index in [1.807, 2.05) is 39.9 Å². The molecule has 1 N–H and O–H groups in total. The van der Waals surface area contributed by atoms with E-state index in [2.05, 4.69) is 16.6 Å². The minimum Gasteiger partial charge on any atom is -0.354 e. The number of hydrogen-bond donors (Lipinski definition) is 1. The highest BCUT2D eigenvalue weighted by molar-refractivity contribution is 7.98. The van der Waals surface area contributed by atoms with Crippen molar-refractivity contribution >= 4 is 17.7 Å². The molecule has 0 aliphatic carbocycles. The molecule has 0 radical (unpaired) electrons. The number of carbonyl (C=O) groups excluding carboxylic acids is 1. The number of carbonyl (C=O) groups is 1. The van der Waals surface area contributed by atoms with E-state index < -0.39 is 0 Å². The zero-order valence-electron chi connectivity index (χ0n) is 12.3. The van der Waals surface area contributed by atoms with Crippen LogP contribution in [0.2, 0.25) is 0 Å². The molecule has 21 heavy (non-hydrogen) atoms. The van der Waals surface area contributed by atoms with Crippen LogP contribution in [0.15, 0.2) is 43.2 Å². The van der Waals surface area contributed by atoms with Gasteiger partial charge < -0.3 is 14.5 Å². The lowest BCUT2D eigenvalue weighted by Gasteiger charge is -2.18. The van der Waals surface area contributed by atoms with Gasteiger partial charge in [0, 0.05) is 37.9 Å². The van der Waals surface area contributed by atoms with Gasteiger partial charge in [-0.1, -0.05) is 0 Å². The van der Waals surface area contributed by atoms with Crippen molar-refractivity contribution < 1.29 is 4.79 Å². The van der Waals surface area contributed by atoms with Crippen LogP contribution in [0.3, 0.4) is 0 Å². The van der Waals surface area contributed by atoms with E-state index in [1.165, 1.54) is 0 Å². The lowest BCUT2D eigenvalue weighted by molar-refractivity contribution is -0.124. The minimum absolute atomic E-state index is 0.103. The summed E-state index contributed by atoms with van der Waals surface area (Å²) in [7, 11) is 0. The Labute approximate surface area is 129 Å². The van der Waals surface area contributed by atoms with Crippen molar-refractivity contribution in [2.24, 2.45) is 0 Å². The predicted molar refractivity (Wildman–Crippen MR) is 86.3 cm³/mol. The van der Waals surface area contributed by atoms with Gasteiger partial charge in [-0.05, 0) is 37.0 Å². The van der Waals surface area contributed by atoms with Crippen molar-refractivity contribution in [2.45, 2.75) is 25.4 Å². The molecule has 114 valence electrons. The van der Waals surface area contributed by atoms with E-state index in [0.29, 0.717) is 6.54 Å². The second-order valence-electron chi connectivity index (χ2n) is 4.87. The number of amides is 1. The first-order valence-corrected chi connectivity index (χ1v) is 8.55. The van der Waals surface area contributed by atoms with Crippen LogP contribution in [0.5, 0.6) is 0 Å². The van der Waals surface area contributed by atoms with Crippen LogP contribution in [0, 0.1) is 0 Å². The summed E-state index contributed by atoms with van der Waals surface area (Å²) in [5.74, 6) is 1.08. The number of thioether (sulfide) groups is 1. The largest absolute Gasteiger partial charge is 0.354 e. The second-order valence-corrected chi connectivity index (χ2v) is 5.86. The van der Waals surface area contributed by atoms with Crippen molar-refractivity contribution in [3.63, 3.8) is 0 Å². The number of nitrogens with one attached hydrogen (secondary N) is 1. The first-order valence-electron chi connectivity index (χ1n) is 7.16. The number of rotatable bonds is 9. The van der Waals surface area contributed by atoms with Crippen LogP contribution in [-0.4, -0.2) is 38.6 Å². The summed E-state index contributed by atoms with van der Waals surface area (Å²) >= 11 is 1.77. The molecule has 2 rings (SSSR count). The minimum atomic E-state index is -0.110. The number of aryl methyl sites for hydroxylation is 1. The molecule has 0 fully saturated rings. The van der Waals surface area contributed by atoms with Gasteiger partial charge in [0.2, 0.25) is 5.91 Å². The lowest BCUT2D eigenvalue weighted by Crippen LogP contribution is -2.33. The van der Waals surface area contributed by atoms with Gasteiger partial charge in [0.05, 0.1) is 6.33 Å². The summed E-state index contributed by atoms with van der Waals surface area (Å²) in [6.45, 7) is 1.56. The second kappa shape index (κ2) is 8.56. The summed E-state index contributed by atoms with van der Waals surface area (Å²) in [4.78, 5) is 16.4. The molecular formula is C15H22N4OS. The molecule has 5 nitrogen and oxygen atoms in total. The molecule has 2 heterocycles. The molecule has 0 saturated carbocycles. The molecule has 0 aromatic carbocycles. The third-order valence-electron chi connectivity index (χ3n) is 3.34. The maximum Gasteiger partial charge on any atom is 0.243 e. The van der Waals surface area contributed by atoms with Crippen LogP contribution in [0.25, 0.3) is 0 Å². The monoisotopic (exact) mass is 306 g/mol. The average Bonchev–Trinajstić information content (AvgIpc) is 3.17. The fourth-order valence-corrected chi connectivity index (χ4v) is 2.67. The van der Waals surface area contributed by atoms with E-state index in [-0.39, 0.29) is 11.9 Å². The van der Waals surface area contributed by atoms with Gasteiger partial charge in [-0.3, -0.25) is 4.79 Å². The summed E-state index contributed by atoms with van der Waals surface area (Å²) in [5.41, 5.74) is 0. The van der Waals surface area contributed by atoms with Crippen LogP contribution < -0.4 is 5.32 Å². The van der Waals surface area contributed by atoms with Crippen molar-refractivity contribution in [1.82, 2.24) is 19.4 Å². The SMILES string of the molecule is CSCC[C@H](C(=O)NCCCn1ccnc1)n1cccc1. The first kappa shape index (κ1) is 15.7. The zero-order chi connectivity index (χ0) is 14.9.